The second kappa shape index (κ2) is 5.25. The largest absolute Gasteiger partial charge is 0.347 e. The molecule has 1 fully saturated rings. The monoisotopic (exact) mass is 221 g/mol. The number of hydrogen-bond donors (Lipinski definition) is 1. The first-order chi connectivity index (χ1) is 7.75. The third-order valence-electron chi connectivity index (χ3n) is 3.22. The van der Waals surface area contributed by atoms with E-state index < -0.39 is 0 Å². The van der Waals surface area contributed by atoms with Crippen molar-refractivity contribution in [2.45, 2.75) is 32.7 Å². The molecule has 0 amide bonds. The summed E-state index contributed by atoms with van der Waals surface area (Å²) < 4.78 is 1.73. The SMILES string of the molecule is Cc1cnc(=O)n(CCC2CCNCC2)c1. The van der Waals surface area contributed by atoms with Gasteiger partial charge in [-0.25, -0.2) is 9.78 Å². The number of nitrogens with one attached hydrogen (secondary N) is 1. The van der Waals surface area contributed by atoms with Crippen molar-refractivity contribution in [3.8, 4) is 0 Å². The maximum Gasteiger partial charge on any atom is 0.347 e. The molecule has 88 valence electrons. The van der Waals surface area contributed by atoms with Gasteiger partial charge in [0.1, 0.15) is 0 Å². The van der Waals surface area contributed by atoms with Gasteiger partial charge in [-0.15, -0.1) is 0 Å². The van der Waals surface area contributed by atoms with E-state index in [0.717, 1.165) is 37.5 Å². The van der Waals surface area contributed by atoms with Crippen LogP contribution in [0.5, 0.6) is 0 Å². The molecule has 1 aromatic rings. The summed E-state index contributed by atoms with van der Waals surface area (Å²) >= 11 is 0. The molecule has 0 saturated carbocycles. The maximum atomic E-state index is 11.5. The summed E-state index contributed by atoms with van der Waals surface area (Å²) in [6.45, 7) is 5.00. The summed E-state index contributed by atoms with van der Waals surface area (Å²) in [7, 11) is 0. The van der Waals surface area contributed by atoms with Crippen molar-refractivity contribution in [3.63, 3.8) is 0 Å². The molecule has 1 saturated heterocycles. The molecule has 16 heavy (non-hydrogen) atoms. The normalized spacial score (nSPS) is 17.6. The Kier molecular flexibility index (Phi) is 3.72. The quantitative estimate of drug-likeness (QED) is 0.826. The van der Waals surface area contributed by atoms with E-state index >= 15 is 0 Å². The molecule has 0 radical (unpaired) electrons. The van der Waals surface area contributed by atoms with Crippen LogP contribution in [0.1, 0.15) is 24.8 Å². The fourth-order valence-electron chi connectivity index (χ4n) is 2.22. The van der Waals surface area contributed by atoms with Crippen LogP contribution in [-0.2, 0) is 6.54 Å². The molecular formula is C12H19N3O. The molecule has 1 aromatic heterocycles. The van der Waals surface area contributed by atoms with Crippen LogP contribution in [-0.4, -0.2) is 22.6 Å². The number of aryl methyl sites for hydroxylation is 2. The Labute approximate surface area is 95.7 Å². The summed E-state index contributed by atoms with van der Waals surface area (Å²) in [5.74, 6) is 0.758. The minimum Gasteiger partial charge on any atom is -0.317 e. The molecule has 1 aliphatic heterocycles. The molecule has 0 aliphatic carbocycles. The predicted molar refractivity (Wildman–Crippen MR) is 63.4 cm³/mol. The minimum atomic E-state index is -0.125. The van der Waals surface area contributed by atoms with Crippen LogP contribution in [0.15, 0.2) is 17.2 Å². The second-order valence-corrected chi connectivity index (χ2v) is 4.59. The van der Waals surface area contributed by atoms with Gasteiger partial charge in [0.2, 0.25) is 0 Å². The zero-order valence-electron chi connectivity index (χ0n) is 9.78. The molecule has 4 heteroatoms. The average Bonchev–Trinajstić information content (AvgIpc) is 2.32. The van der Waals surface area contributed by atoms with Gasteiger partial charge in [0.25, 0.3) is 0 Å². The first-order valence-corrected chi connectivity index (χ1v) is 5.99. The summed E-state index contributed by atoms with van der Waals surface area (Å²) in [6.07, 6.45) is 7.08. The van der Waals surface area contributed by atoms with Gasteiger partial charge >= 0.3 is 5.69 Å². The molecular weight excluding hydrogens is 202 g/mol. The van der Waals surface area contributed by atoms with Gasteiger partial charge in [0, 0.05) is 18.9 Å². The zero-order chi connectivity index (χ0) is 11.4. The van der Waals surface area contributed by atoms with Gasteiger partial charge in [0.05, 0.1) is 0 Å². The lowest BCUT2D eigenvalue weighted by molar-refractivity contribution is 0.335. The summed E-state index contributed by atoms with van der Waals surface area (Å²) in [6, 6.07) is 0. The van der Waals surface area contributed by atoms with Crippen molar-refractivity contribution >= 4 is 0 Å². The first-order valence-electron chi connectivity index (χ1n) is 5.99. The fraction of sp³-hybridized carbons (Fsp3) is 0.667. The van der Waals surface area contributed by atoms with Crippen LogP contribution in [0, 0.1) is 12.8 Å². The molecule has 0 unspecified atom stereocenters. The number of hydrogen-bond acceptors (Lipinski definition) is 3. The van der Waals surface area contributed by atoms with E-state index in [2.05, 4.69) is 10.3 Å². The summed E-state index contributed by atoms with van der Waals surface area (Å²) in [5.41, 5.74) is 0.921. The Balaban J connectivity index is 1.93. The van der Waals surface area contributed by atoms with Crippen molar-refractivity contribution in [1.82, 2.24) is 14.9 Å². The Morgan fingerprint density at radius 1 is 1.50 bits per heavy atom. The molecule has 1 N–H and O–H groups in total. The summed E-state index contributed by atoms with van der Waals surface area (Å²) in [4.78, 5) is 15.3. The van der Waals surface area contributed by atoms with Crippen LogP contribution < -0.4 is 11.0 Å². The Hall–Kier alpha value is -1.16. The molecule has 0 aromatic carbocycles. The van der Waals surface area contributed by atoms with Gasteiger partial charge in [-0.05, 0) is 50.8 Å². The Morgan fingerprint density at radius 3 is 3.00 bits per heavy atom. The lowest BCUT2D eigenvalue weighted by atomic mass is 9.95. The Morgan fingerprint density at radius 2 is 2.25 bits per heavy atom. The standard InChI is InChI=1S/C12H19N3O/c1-10-8-14-12(16)15(9-10)7-4-11-2-5-13-6-3-11/h8-9,11,13H,2-7H2,1H3. The molecule has 1 aliphatic rings. The molecule has 0 bridgehead atoms. The molecule has 0 spiro atoms. The summed E-state index contributed by atoms with van der Waals surface area (Å²) in [5, 5.41) is 3.35. The van der Waals surface area contributed by atoms with Crippen LogP contribution in [0.2, 0.25) is 0 Å². The lowest BCUT2D eigenvalue weighted by Crippen LogP contribution is -2.29. The van der Waals surface area contributed by atoms with E-state index in [1.807, 2.05) is 13.1 Å². The van der Waals surface area contributed by atoms with Crippen molar-refractivity contribution in [3.05, 3.63) is 28.4 Å². The van der Waals surface area contributed by atoms with Gasteiger partial charge in [-0.2, -0.15) is 0 Å². The van der Waals surface area contributed by atoms with E-state index in [4.69, 9.17) is 0 Å². The first kappa shape index (κ1) is 11.3. The lowest BCUT2D eigenvalue weighted by Gasteiger charge is -2.22. The van der Waals surface area contributed by atoms with Gasteiger partial charge in [-0.3, -0.25) is 4.57 Å². The molecule has 0 atom stereocenters. The topological polar surface area (TPSA) is 46.9 Å². The number of nitrogens with zero attached hydrogens (tertiary/aromatic N) is 2. The van der Waals surface area contributed by atoms with Crippen LogP contribution in [0.4, 0.5) is 0 Å². The second-order valence-electron chi connectivity index (χ2n) is 4.59. The third-order valence-corrected chi connectivity index (χ3v) is 3.22. The highest BCUT2D eigenvalue weighted by Gasteiger charge is 2.12. The minimum absolute atomic E-state index is 0.125. The Bertz CT molecular complexity index is 393. The molecule has 4 nitrogen and oxygen atoms in total. The zero-order valence-corrected chi connectivity index (χ0v) is 9.78. The molecule has 2 heterocycles. The van der Waals surface area contributed by atoms with Crippen molar-refractivity contribution in [1.29, 1.82) is 0 Å². The van der Waals surface area contributed by atoms with Crippen molar-refractivity contribution in [2.75, 3.05) is 13.1 Å². The van der Waals surface area contributed by atoms with E-state index in [0.29, 0.717) is 0 Å². The maximum absolute atomic E-state index is 11.5. The van der Waals surface area contributed by atoms with Crippen molar-refractivity contribution in [2.24, 2.45) is 5.92 Å². The number of piperidine rings is 1. The highest BCUT2D eigenvalue weighted by Crippen LogP contribution is 2.16. The van der Waals surface area contributed by atoms with E-state index in [-0.39, 0.29) is 5.69 Å². The number of rotatable bonds is 3. The highest BCUT2D eigenvalue weighted by atomic mass is 16.1. The van der Waals surface area contributed by atoms with Gasteiger partial charge in [0.15, 0.2) is 0 Å². The van der Waals surface area contributed by atoms with Gasteiger partial charge in [-0.1, -0.05) is 0 Å². The fourth-order valence-corrected chi connectivity index (χ4v) is 2.22. The average molecular weight is 221 g/mol. The predicted octanol–water partition coefficient (Wildman–Crippen LogP) is 0.941. The number of aromatic nitrogens is 2. The van der Waals surface area contributed by atoms with E-state index in [1.54, 1.807) is 10.8 Å². The molecule has 2 rings (SSSR count). The smallest absolute Gasteiger partial charge is 0.317 e. The third kappa shape index (κ3) is 2.92. The highest BCUT2D eigenvalue weighted by molar-refractivity contribution is 4.99. The van der Waals surface area contributed by atoms with E-state index in [1.165, 1.54) is 12.8 Å². The van der Waals surface area contributed by atoms with Gasteiger partial charge < -0.3 is 5.32 Å². The van der Waals surface area contributed by atoms with Crippen LogP contribution >= 0.6 is 0 Å². The van der Waals surface area contributed by atoms with E-state index in [9.17, 15) is 4.79 Å². The van der Waals surface area contributed by atoms with Crippen LogP contribution in [0.3, 0.4) is 0 Å². The van der Waals surface area contributed by atoms with Crippen molar-refractivity contribution < 1.29 is 0 Å². The van der Waals surface area contributed by atoms with Crippen LogP contribution in [0.25, 0.3) is 0 Å².